The second-order valence-electron chi connectivity index (χ2n) is 4.38. The lowest BCUT2D eigenvalue weighted by molar-refractivity contribution is 0.0753. The van der Waals surface area contributed by atoms with Gasteiger partial charge in [0.05, 0.1) is 11.1 Å². The summed E-state index contributed by atoms with van der Waals surface area (Å²) < 4.78 is 11.9. The highest BCUT2D eigenvalue weighted by molar-refractivity contribution is 9.10. The summed E-state index contributed by atoms with van der Waals surface area (Å²) in [6.07, 6.45) is 0.316. The molecule has 0 spiro atoms. The van der Waals surface area contributed by atoms with E-state index >= 15 is 0 Å². The van der Waals surface area contributed by atoms with Crippen molar-refractivity contribution in [3.63, 3.8) is 0 Å². The summed E-state index contributed by atoms with van der Waals surface area (Å²) in [7, 11) is 0. The van der Waals surface area contributed by atoms with Crippen molar-refractivity contribution in [2.24, 2.45) is 5.92 Å². The third kappa shape index (κ3) is 2.01. The number of hydrogen-bond donors (Lipinski definition) is 1. The van der Waals surface area contributed by atoms with Crippen LogP contribution in [0.4, 0.5) is 0 Å². The molecule has 1 fully saturated rings. The van der Waals surface area contributed by atoms with E-state index in [1.165, 1.54) is 0 Å². The van der Waals surface area contributed by atoms with Gasteiger partial charge < -0.3 is 14.3 Å². The van der Waals surface area contributed by atoms with E-state index in [4.69, 9.17) is 9.15 Å². The number of furan rings is 1. The molecule has 0 aliphatic carbocycles. The minimum absolute atomic E-state index is 0.148. The molecule has 17 heavy (non-hydrogen) atoms. The zero-order valence-corrected chi connectivity index (χ0v) is 10.8. The van der Waals surface area contributed by atoms with Crippen LogP contribution in [0.5, 0.6) is 0 Å². The number of benzene rings is 1. The van der Waals surface area contributed by atoms with Crippen LogP contribution in [-0.4, -0.2) is 18.3 Å². The van der Waals surface area contributed by atoms with Crippen LogP contribution in [0.1, 0.15) is 18.3 Å². The van der Waals surface area contributed by atoms with Gasteiger partial charge in [-0.05, 0) is 34.5 Å². The van der Waals surface area contributed by atoms with Crippen molar-refractivity contribution in [1.82, 2.24) is 0 Å². The molecule has 0 bridgehead atoms. The second kappa shape index (κ2) is 4.44. The molecule has 1 aromatic carbocycles. The molecule has 0 saturated carbocycles. The van der Waals surface area contributed by atoms with Gasteiger partial charge in [-0.1, -0.05) is 12.1 Å². The summed E-state index contributed by atoms with van der Waals surface area (Å²) >= 11 is 3.44. The molecule has 1 aromatic heterocycles. The molecular weight excluding hydrogens is 284 g/mol. The van der Waals surface area contributed by atoms with Crippen LogP contribution in [0.2, 0.25) is 0 Å². The summed E-state index contributed by atoms with van der Waals surface area (Å²) in [5, 5.41) is 11.2. The fourth-order valence-corrected chi connectivity index (χ4v) is 2.69. The highest BCUT2D eigenvalue weighted by atomic mass is 79.9. The standard InChI is InChI=1S/C13H13BrO3/c14-10-3-1-2-8-6-11(17-13(8)10)12(15)9-4-5-16-7-9/h1-3,6,9,12,15H,4-5,7H2. The van der Waals surface area contributed by atoms with E-state index in [2.05, 4.69) is 15.9 Å². The normalized spacial score (nSPS) is 22.1. The first-order valence-corrected chi connectivity index (χ1v) is 6.49. The molecule has 0 radical (unpaired) electrons. The minimum Gasteiger partial charge on any atom is -0.457 e. The molecule has 0 amide bonds. The Hall–Kier alpha value is -0.840. The number of para-hydroxylation sites is 1. The maximum atomic E-state index is 10.2. The van der Waals surface area contributed by atoms with Crippen molar-refractivity contribution in [1.29, 1.82) is 0 Å². The van der Waals surface area contributed by atoms with Gasteiger partial charge >= 0.3 is 0 Å². The Morgan fingerprint density at radius 2 is 2.29 bits per heavy atom. The molecule has 1 aliphatic heterocycles. The topological polar surface area (TPSA) is 42.6 Å². The van der Waals surface area contributed by atoms with Crippen LogP contribution in [0.25, 0.3) is 11.0 Å². The molecule has 1 saturated heterocycles. The molecule has 3 nitrogen and oxygen atoms in total. The van der Waals surface area contributed by atoms with E-state index < -0.39 is 6.10 Å². The summed E-state index contributed by atoms with van der Waals surface area (Å²) in [5.74, 6) is 0.775. The second-order valence-corrected chi connectivity index (χ2v) is 5.23. The molecule has 1 N–H and O–H groups in total. The smallest absolute Gasteiger partial charge is 0.148 e. The van der Waals surface area contributed by atoms with Gasteiger partial charge in [0.1, 0.15) is 17.4 Å². The number of hydrogen-bond acceptors (Lipinski definition) is 3. The van der Waals surface area contributed by atoms with Crippen molar-refractivity contribution in [3.05, 3.63) is 34.5 Å². The van der Waals surface area contributed by atoms with Crippen molar-refractivity contribution in [2.45, 2.75) is 12.5 Å². The SMILES string of the molecule is OC(c1cc2cccc(Br)c2o1)C1CCOC1. The first-order valence-electron chi connectivity index (χ1n) is 5.69. The van der Waals surface area contributed by atoms with Gasteiger partial charge in [-0.15, -0.1) is 0 Å². The first-order chi connectivity index (χ1) is 8.25. The number of halogens is 1. The summed E-state index contributed by atoms with van der Waals surface area (Å²) in [4.78, 5) is 0. The summed E-state index contributed by atoms with van der Waals surface area (Å²) in [6.45, 7) is 1.34. The molecular formula is C13H13BrO3. The fraction of sp³-hybridized carbons (Fsp3) is 0.385. The Kier molecular flexibility index (Phi) is 2.94. The molecule has 2 atom stereocenters. The lowest BCUT2D eigenvalue weighted by atomic mass is 10.00. The lowest BCUT2D eigenvalue weighted by Gasteiger charge is -2.13. The van der Waals surface area contributed by atoms with Gasteiger partial charge in [0.25, 0.3) is 0 Å². The van der Waals surface area contributed by atoms with Crippen LogP contribution >= 0.6 is 15.9 Å². The van der Waals surface area contributed by atoms with Gasteiger partial charge in [0.15, 0.2) is 0 Å². The van der Waals surface area contributed by atoms with E-state index in [1.807, 2.05) is 24.3 Å². The average Bonchev–Trinajstić information content (AvgIpc) is 2.98. The molecule has 2 unspecified atom stereocenters. The van der Waals surface area contributed by atoms with E-state index in [-0.39, 0.29) is 5.92 Å². The quantitative estimate of drug-likeness (QED) is 0.925. The molecule has 2 aromatic rings. The van der Waals surface area contributed by atoms with E-state index in [0.29, 0.717) is 12.4 Å². The largest absolute Gasteiger partial charge is 0.457 e. The van der Waals surface area contributed by atoms with Gasteiger partial charge in [0.2, 0.25) is 0 Å². The third-order valence-corrected chi connectivity index (χ3v) is 3.84. The number of rotatable bonds is 2. The zero-order chi connectivity index (χ0) is 11.8. The number of ether oxygens (including phenoxy) is 1. The Labute approximate surface area is 108 Å². The Balaban J connectivity index is 1.97. The molecule has 2 heterocycles. The van der Waals surface area contributed by atoms with Crippen molar-refractivity contribution < 1.29 is 14.3 Å². The Morgan fingerprint density at radius 1 is 1.41 bits per heavy atom. The van der Waals surface area contributed by atoms with Crippen molar-refractivity contribution >= 4 is 26.9 Å². The van der Waals surface area contributed by atoms with Crippen LogP contribution in [0.15, 0.2) is 33.2 Å². The zero-order valence-electron chi connectivity index (χ0n) is 9.23. The first kappa shape index (κ1) is 11.3. The van der Waals surface area contributed by atoms with Gasteiger partial charge in [-0.2, -0.15) is 0 Å². The third-order valence-electron chi connectivity index (χ3n) is 3.22. The summed E-state index contributed by atoms with van der Waals surface area (Å²) in [6, 6.07) is 7.77. The Morgan fingerprint density at radius 3 is 3.00 bits per heavy atom. The predicted octanol–water partition coefficient (Wildman–Crippen LogP) is 3.27. The van der Waals surface area contributed by atoms with Crippen LogP contribution in [0, 0.1) is 5.92 Å². The van der Waals surface area contributed by atoms with E-state index in [9.17, 15) is 5.11 Å². The molecule has 1 aliphatic rings. The van der Waals surface area contributed by atoms with Gasteiger partial charge in [-0.3, -0.25) is 0 Å². The number of aliphatic hydroxyl groups excluding tert-OH is 1. The predicted molar refractivity (Wildman–Crippen MR) is 67.8 cm³/mol. The van der Waals surface area contributed by atoms with Crippen LogP contribution < -0.4 is 0 Å². The summed E-state index contributed by atoms with van der Waals surface area (Å²) in [5.41, 5.74) is 0.792. The maximum absolute atomic E-state index is 10.2. The van der Waals surface area contributed by atoms with Crippen molar-refractivity contribution in [3.8, 4) is 0 Å². The van der Waals surface area contributed by atoms with Crippen LogP contribution in [-0.2, 0) is 4.74 Å². The van der Waals surface area contributed by atoms with Gasteiger partial charge in [0, 0.05) is 17.9 Å². The monoisotopic (exact) mass is 296 g/mol. The molecule has 4 heteroatoms. The lowest BCUT2D eigenvalue weighted by Crippen LogP contribution is -2.11. The number of aliphatic hydroxyl groups is 1. The molecule has 3 rings (SSSR count). The van der Waals surface area contributed by atoms with E-state index in [0.717, 1.165) is 28.5 Å². The number of fused-ring (bicyclic) bond motifs is 1. The highest BCUT2D eigenvalue weighted by Gasteiger charge is 2.27. The van der Waals surface area contributed by atoms with Crippen molar-refractivity contribution in [2.75, 3.05) is 13.2 Å². The highest BCUT2D eigenvalue weighted by Crippen LogP contribution is 2.34. The maximum Gasteiger partial charge on any atom is 0.148 e. The van der Waals surface area contributed by atoms with Crippen LogP contribution in [0.3, 0.4) is 0 Å². The fourth-order valence-electron chi connectivity index (χ4n) is 2.23. The Bertz CT molecular complexity index is 528. The minimum atomic E-state index is -0.572. The molecule has 90 valence electrons. The van der Waals surface area contributed by atoms with Gasteiger partial charge in [-0.25, -0.2) is 0 Å². The average molecular weight is 297 g/mol. The van der Waals surface area contributed by atoms with E-state index in [1.54, 1.807) is 0 Å².